The van der Waals surface area contributed by atoms with Crippen molar-refractivity contribution in [3.8, 4) is 10.6 Å². The van der Waals surface area contributed by atoms with Gasteiger partial charge in [-0.3, -0.25) is 4.79 Å². The van der Waals surface area contributed by atoms with Crippen molar-refractivity contribution in [3.63, 3.8) is 0 Å². The number of carbonyl (C=O) groups is 1. The lowest BCUT2D eigenvalue weighted by Crippen LogP contribution is -2.49. The molecule has 134 valence electrons. The first-order valence-corrected chi connectivity index (χ1v) is 10.5. The number of hydrogen-bond acceptors (Lipinski definition) is 5. The van der Waals surface area contributed by atoms with Gasteiger partial charge >= 0.3 is 0 Å². The van der Waals surface area contributed by atoms with Gasteiger partial charge < -0.3 is 9.80 Å². The van der Waals surface area contributed by atoms with Crippen molar-refractivity contribution in [1.29, 1.82) is 0 Å². The molecule has 0 unspecified atom stereocenters. The zero-order valence-electron chi connectivity index (χ0n) is 14.7. The van der Waals surface area contributed by atoms with Crippen molar-refractivity contribution in [3.05, 3.63) is 57.7 Å². The number of aryl methyl sites for hydroxylation is 1. The number of thiazole rings is 1. The quantitative estimate of drug-likeness (QED) is 0.681. The van der Waals surface area contributed by atoms with Crippen LogP contribution in [0.3, 0.4) is 0 Å². The Morgan fingerprint density at radius 3 is 2.54 bits per heavy atom. The Labute approximate surface area is 161 Å². The summed E-state index contributed by atoms with van der Waals surface area (Å²) < 4.78 is 0. The lowest BCUT2D eigenvalue weighted by atomic mass is 10.2. The summed E-state index contributed by atoms with van der Waals surface area (Å²) in [7, 11) is 0. The molecule has 0 atom stereocenters. The first-order chi connectivity index (χ1) is 12.7. The van der Waals surface area contributed by atoms with E-state index in [1.807, 2.05) is 24.0 Å². The molecular formula is C20H21N3OS2. The summed E-state index contributed by atoms with van der Waals surface area (Å²) in [6.45, 7) is 5.33. The largest absolute Gasteiger partial charge is 0.368 e. The van der Waals surface area contributed by atoms with E-state index in [9.17, 15) is 4.79 Å². The standard InChI is InChI=1S/C20H21N3OS2/c1-15-21-20(17-8-5-13-25-17)18(26-15)14-19(24)23-11-9-22(10-12-23)16-6-3-2-4-7-16/h2-8,13H,9-12,14H2,1H3. The molecule has 0 aliphatic carbocycles. The van der Waals surface area contributed by atoms with E-state index < -0.39 is 0 Å². The van der Waals surface area contributed by atoms with Crippen LogP contribution in [0.4, 0.5) is 5.69 Å². The summed E-state index contributed by atoms with van der Waals surface area (Å²) in [5.74, 6) is 0.208. The molecule has 1 aliphatic heterocycles. The first kappa shape index (κ1) is 17.2. The molecule has 3 aromatic rings. The molecule has 4 nitrogen and oxygen atoms in total. The van der Waals surface area contributed by atoms with E-state index in [2.05, 4.69) is 45.6 Å². The van der Waals surface area contributed by atoms with E-state index in [4.69, 9.17) is 0 Å². The molecule has 26 heavy (non-hydrogen) atoms. The molecular weight excluding hydrogens is 362 g/mol. The fourth-order valence-corrected chi connectivity index (χ4v) is 5.04. The van der Waals surface area contributed by atoms with Gasteiger partial charge in [-0.25, -0.2) is 4.98 Å². The van der Waals surface area contributed by atoms with Crippen LogP contribution >= 0.6 is 22.7 Å². The normalized spacial score (nSPS) is 14.7. The van der Waals surface area contributed by atoms with Crippen LogP contribution in [0.15, 0.2) is 47.8 Å². The van der Waals surface area contributed by atoms with E-state index in [-0.39, 0.29) is 5.91 Å². The highest BCUT2D eigenvalue weighted by molar-refractivity contribution is 7.15. The Morgan fingerprint density at radius 1 is 1.08 bits per heavy atom. The number of benzene rings is 1. The minimum absolute atomic E-state index is 0.208. The van der Waals surface area contributed by atoms with Gasteiger partial charge in [0.25, 0.3) is 0 Å². The molecule has 1 fully saturated rings. The van der Waals surface area contributed by atoms with Gasteiger partial charge in [-0.15, -0.1) is 22.7 Å². The number of nitrogens with zero attached hydrogens (tertiary/aromatic N) is 3. The molecule has 0 spiro atoms. The molecule has 0 N–H and O–H groups in total. The number of thiophene rings is 1. The van der Waals surface area contributed by atoms with Crippen LogP contribution in [-0.4, -0.2) is 42.0 Å². The van der Waals surface area contributed by atoms with Crippen LogP contribution in [0, 0.1) is 6.92 Å². The summed E-state index contributed by atoms with van der Waals surface area (Å²) >= 11 is 3.32. The number of carbonyl (C=O) groups excluding carboxylic acids is 1. The average Bonchev–Trinajstić information content (AvgIpc) is 3.32. The van der Waals surface area contributed by atoms with Gasteiger partial charge in [0, 0.05) is 36.7 Å². The number of piperazine rings is 1. The molecule has 1 aliphatic rings. The minimum atomic E-state index is 0.208. The number of amides is 1. The molecule has 0 radical (unpaired) electrons. The topological polar surface area (TPSA) is 36.4 Å². The number of anilines is 1. The Kier molecular flexibility index (Phi) is 5.04. The molecule has 6 heteroatoms. The second kappa shape index (κ2) is 7.60. The van der Waals surface area contributed by atoms with Crippen molar-refractivity contribution < 1.29 is 4.79 Å². The third-order valence-corrected chi connectivity index (χ3v) is 6.47. The fraction of sp³-hybridized carbons (Fsp3) is 0.300. The van der Waals surface area contributed by atoms with E-state index in [0.717, 1.165) is 46.6 Å². The Morgan fingerprint density at radius 2 is 1.85 bits per heavy atom. The van der Waals surface area contributed by atoms with E-state index in [1.165, 1.54) is 5.69 Å². The molecule has 1 saturated heterocycles. The molecule has 3 heterocycles. The summed E-state index contributed by atoms with van der Waals surface area (Å²) in [4.78, 5) is 24.1. The monoisotopic (exact) mass is 383 g/mol. The lowest BCUT2D eigenvalue weighted by Gasteiger charge is -2.36. The number of para-hydroxylation sites is 1. The Balaban J connectivity index is 1.41. The zero-order valence-corrected chi connectivity index (χ0v) is 16.4. The van der Waals surface area contributed by atoms with Gasteiger partial charge in [0.2, 0.25) is 5.91 Å². The second-order valence-electron chi connectivity index (χ2n) is 6.36. The highest BCUT2D eigenvalue weighted by Crippen LogP contribution is 2.32. The smallest absolute Gasteiger partial charge is 0.228 e. The molecule has 1 amide bonds. The molecule has 2 aromatic heterocycles. The van der Waals surface area contributed by atoms with Gasteiger partial charge in [-0.2, -0.15) is 0 Å². The highest BCUT2D eigenvalue weighted by atomic mass is 32.1. The molecule has 0 bridgehead atoms. The lowest BCUT2D eigenvalue weighted by molar-refractivity contribution is -0.130. The average molecular weight is 384 g/mol. The van der Waals surface area contributed by atoms with E-state index >= 15 is 0 Å². The second-order valence-corrected chi connectivity index (χ2v) is 8.60. The van der Waals surface area contributed by atoms with Crippen molar-refractivity contribution in [1.82, 2.24) is 9.88 Å². The van der Waals surface area contributed by atoms with Gasteiger partial charge in [0.1, 0.15) is 0 Å². The number of rotatable bonds is 4. The Bertz CT molecular complexity index is 866. The highest BCUT2D eigenvalue weighted by Gasteiger charge is 2.23. The van der Waals surface area contributed by atoms with E-state index in [1.54, 1.807) is 22.7 Å². The summed E-state index contributed by atoms with van der Waals surface area (Å²) in [6, 6.07) is 14.5. The van der Waals surface area contributed by atoms with Crippen LogP contribution in [0.2, 0.25) is 0 Å². The third kappa shape index (κ3) is 3.66. The number of hydrogen-bond donors (Lipinski definition) is 0. The summed E-state index contributed by atoms with van der Waals surface area (Å²) in [5, 5.41) is 3.07. The SMILES string of the molecule is Cc1nc(-c2cccs2)c(CC(=O)N2CCN(c3ccccc3)CC2)s1. The predicted octanol–water partition coefficient (Wildman–Crippen LogP) is 4.07. The Hall–Kier alpha value is -2.18. The van der Waals surface area contributed by atoms with Crippen molar-refractivity contribution in [2.75, 3.05) is 31.1 Å². The van der Waals surface area contributed by atoms with E-state index in [0.29, 0.717) is 6.42 Å². The summed E-state index contributed by atoms with van der Waals surface area (Å²) in [6.07, 6.45) is 0.448. The molecule has 1 aromatic carbocycles. The van der Waals surface area contributed by atoms with Crippen LogP contribution < -0.4 is 4.90 Å². The van der Waals surface area contributed by atoms with Crippen LogP contribution in [0.25, 0.3) is 10.6 Å². The van der Waals surface area contributed by atoms with Crippen LogP contribution in [0.1, 0.15) is 9.88 Å². The fourth-order valence-electron chi connectivity index (χ4n) is 3.30. The molecule has 0 saturated carbocycles. The molecule has 4 rings (SSSR count). The van der Waals surface area contributed by atoms with Gasteiger partial charge in [0.05, 0.1) is 22.0 Å². The third-order valence-electron chi connectivity index (χ3n) is 4.62. The number of aromatic nitrogens is 1. The predicted molar refractivity (Wildman–Crippen MR) is 109 cm³/mol. The first-order valence-electron chi connectivity index (χ1n) is 8.78. The van der Waals surface area contributed by atoms with Gasteiger partial charge in [-0.1, -0.05) is 24.3 Å². The minimum Gasteiger partial charge on any atom is -0.368 e. The van der Waals surface area contributed by atoms with Crippen molar-refractivity contribution in [2.45, 2.75) is 13.3 Å². The maximum atomic E-state index is 12.8. The van der Waals surface area contributed by atoms with Crippen LogP contribution in [0.5, 0.6) is 0 Å². The van der Waals surface area contributed by atoms with Crippen molar-refractivity contribution >= 4 is 34.3 Å². The summed E-state index contributed by atoms with van der Waals surface area (Å²) in [5.41, 5.74) is 2.22. The maximum Gasteiger partial charge on any atom is 0.228 e. The van der Waals surface area contributed by atoms with Crippen LogP contribution in [-0.2, 0) is 11.2 Å². The maximum absolute atomic E-state index is 12.8. The zero-order chi connectivity index (χ0) is 17.9. The van der Waals surface area contributed by atoms with Gasteiger partial charge in [0.15, 0.2) is 0 Å². The van der Waals surface area contributed by atoms with Gasteiger partial charge in [-0.05, 0) is 30.5 Å². The van der Waals surface area contributed by atoms with Crippen molar-refractivity contribution in [2.24, 2.45) is 0 Å².